The Morgan fingerprint density at radius 3 is 2.70 bits per heavy atom. The molecule has 1 aromatic carbocycles. The normalized spacial score (nSPS) is 10.6. The monoisotopic (exact) mass is 300 g/mol. The van der Waals surface area contributed by atoms with Gasteiger partial charge in [0.2, 0.25) is 15.9 Å². The molecule has 0 aromatic heterocycles. The second-order valence-electron chi connectivity index (χ2n) is 3.60. The Morgan fingerprint density at radius 2 is 2.15 bits per heavy atom. The van der Waals surface area contributed by atoms with E-state index in [0.717, 1.165) is 12.1 Å². The van der Waals surface area contributed by atoms with Gasteiger partial charge in [-0.1, -0.05) is 11.8 Å². The zero-order valence-corrected chi connectivity index (χ0v) is 11.4. The highest BCUT2D eigenvalue weighted by atomic mass is 32.2. The Hall–Kier alpha value is -1.95. The Labute approximate surface area is 116 Å². The highest BCUT2D eigenvalue weighted by Crippen LogP contribution is 2.14. The van der Waals surface area contributed by atoms with E-state index in [0.29, 0.717) is 0 Å². The van der Waals surface area contributed by atoms with Gasteiger partial charge in [0.15, 0.2) is 0 Å². The molecule has 20 heavy (non-hydrogen) atoms. The van der Waals surface area contributed by atoms with Crippen molar-refractivity contribution in [1.29, 1.82) is 0 Å². The number of benzene rings is 1. The van der Waals surface area contributed by atoms with E-state index in [4.69, 9.17) is 5.11 Å². The van der Waals surface area contributed by atoms with Crippen molar-refractivity contribution in [1.82, 2.24) is 10.0 Å². The number of sulfonamides is 1. The zero-order chi connectivity index (χ0) is 15.2. The summed E-state index contributed by atoms with van der Waals surface area (Å²) in [5, 5.41) is 10.8. The minimum absolute atomic E-state index is 0.0238. The van der Waals surface area contributed by atoms with Crippen molar-refractivity contribution in [2.24, 2.45) is 0 Å². The maximum atomic E-state index is 13.6. The molecule has 0 atom stereocenters. The molecule has 1 amide bonds. The van der Waals surface area contributed by atoms with E-state index in [-0.39, 0.29) is 10.5 Å². The van der Waals surface area contributed by atoms with Crippen LogP contribution in [-0.4, -0.2) is 39.6 Å². The fourth-order valence-electron chi connectivity index (χ4n) is 1.23. The van der Waals surface area contributed by atoms with Gasteiger partial charge in [-0.2, -0.15) is 0 Å². The van der Waals surface area contributed by atoms with Crippen LogP contribution in [0.3, 0.4) is 0 Å². The number of aliphatic hydroxyl groups is 1. The van der Waals surface area contributed by atoms with Crippen LogP contribution in [0.4, 0.5) is 4.39 Å². The van der Waals surface area contributed by atoms with Crippen LogP contribution in [-0.2, 0) is 14.8 Å². The average Bonchev–Trinajstić information content (AvgIpc) is 2.43. The molecule has 3 N–H and O–H groups in total. The molecule has 0 aliphatic rings. The first-order valence-corrected chi connectivity index (χ1v) is 6.98. The molecule has 6 nitrogen and oxygen atoms in total. The number of hydrogen-bond donors (Lipinski definition) is 3. The summed E-state index contributed by atoms with van der Waals surface area (Å²) in [4.78, 5) is 10.7. The Kier molecular flexibility index (Phi) is 5.64. The van der Waals surface area contributed by atoms with Crippen molar-refractivity contribution >= 4 is 15.9 Å². The van der Waals surface area contributed by atoms with E-state index in [1.54, 1.807) is 0 Å². The second-order valence-corrected chi connectivity index (χ2v) is 5.37. The number of likely N-dealkylation sites (N-methyl/N-ethyl adjacent to an activating group) is 1. The number of rotatable bonds is 4. The number of halogens is 1. The standard InChI is InChI=1S/C12H13FN2O4S/c1-14-12(17)8-15-20(18,19)10-5-4-9(3-2-6-16)11(13)7-10/h4-5,7,15-16H,6,8H2,1H3,(H,14,17). The summed E-state index contributed by atoms with van der Waals surface area (Å²) in [6.45, 7) is -0.861. The van der Waals surface area contributed by atoms with Gasteiger partial charge in [-0.3, -0.25) is 4.79 Å². The number of hydrogen-bond acceptors (Lipinski definition) is 4. The fourth-order valence-corrected chi connectivity index (χ4v) is 2.22. The van der Waals surface area contributed by atoms with E-state index in [1.165, 1.54) is 13.1 Å². The van der Waals surface area contributed by atoms with Gasteiger partial charge < -0.3 is 10.4 Å². The van der Waals surface area contributed by atoms with Crippen LogP contribution < -0.4 is 10.0 Å². The van der Waals surface area contributed by atoms with E-state index < -0.39 is 34.9 Å². The lowest BCUT2D eigenvalue weighted by molar-refractivity contribution is -0.119. The predicted molar refractivity (Wildman–Crippen MR) is 69.6 cm³/mol. The van der Waals surface area contributed by atoms with E-state index in [2.05, 4.69) is 17.2 Å². The molecule has 0 aliphatic carbocycles. The molecule has 0 bridgehead atoms. The molecule has 0 saturated carbocycles. The van der Waals surface area contributed by atoms with Gasteiger partial charge >= 0.3 is 0 Å². The van der Waals surface area contributed by atoms with Gasteiger partial charge in [0.1, 0.15) is 12.4 Å². The lowest BCUT2D eigenvalue weighted by Crippen LogP contribution is -2.35. The van der Waals surface area contributed by atoms with Crippen molar-refractivity contribution in [3.63, 3.8) is 0 Å². The third kappa shape index (κ3) is 4.31. The molecule has 0 heterocycles. The molecule has 0 unspecified atom stereocenters. The van der Waals surface area contributed by atoms with Crippen LogP contribution in [0.1, 0.15) is 5.56 Å². The minimum Gasteiger partial charge on any atom is -0.384 e. The third-order valence-corrected chi connectivity index (χ3v) is 3.65. The highest BCUT2D eigenvalue weighted by molar-refractivity contribution is 7.89. The number of carbonyl (C=O) groups excluding carboxylic acids is 1. The average molecular weight is 300 g/mol. The maximum absolute atomic E-state index is 13.6. The molecule has 0 fully saturated rings. The van der Waals surface area contributed by atoms with Gasteiger partial charge in [0.05, 0.1) is 17.0 Å². The number of nitrogens with one attached hydrogen (secondary N) is 2. The largest absolute Gasteiger partial charge is 0.384 e. The first kappa shape index (κ1) is 16.1. The van der Waals surface area contributed by atoms with Crippen LogP contribution >= 0.6 is 0 Å². The molecule has 0 aliphatic heterocycles. The summed E-state index contributed by atoms with van der Waals surface area (Å²) in [5.41, 5.74) is -0.0238. The Morgan fingerprint density at radius 1 is 1.45 bits per heavy atom. The summed E-state index contributed by atoms with van der Waals surface area (Å²) >= 11 is 0. The molecule has 108 valence electrons. The fraction of sp³-hybridized carbons (Fsp3) is 0.250. The van der Waals surface area contributed by atoms with E-state index in [1.807, 2.05) is 4.72 Å². The maximum Gasteiger partial charge on any atom is 0.241 e. The Bertz CT molecular complexity index is 662. The zero-order valence-electron chi connectivity index (χ0n) is 10.6. The molecule has 1 rings (SSSR count). The van der Waals surface area contributed by atoms with Crippen molar-refractivity contribution in [2.75, 3.05) is 20.2 Å². The summed E-state index contributed by atoms with van der Waals surface area (Å²) < 4.78 is 39.2. The van der Waals surface area contributed by atoms with Crippen molar-refractivity contribution in [2.45, 2.75) is 4.90 Å². The summed E-state index contributed by atoms with van der Waals surface area (Å²) in [7, 11) is -2.61. The van der Waals surface area contributed by atoms with E-state index in [9.17, 15) is 17.6 Å². The van der Waals surface area contributed by atoms with Crippen LogP contribution in [0, 0.1) is 17.7 Å². The van der Waals surface area contributed by atoms with Crippen LogP contribution in [0.15, 0.2) is 23.1 Å². The van der Waals surface area contributed by atoms with Crippen LogP contribution in [0.25, 0.3) is 0 Å². The quantitative estimate of drug-likeness (QED) is 0.634. The smallest absolute Gasteiger partial charge is 0.241 e. The summed E-state index contributed by atoms with van der Waals surface area (Å²) in [6.07, 6.45) is 0. The van der Waals surface area contributed by atoms with Gasteiger partial charge in [0, 0.05) is 7.05 Å². The van der Waals surface area contributed by atoms with Crippen LogP contribution in [0.2, 0.25) is 0 Å². The van der Waals surface area contributed by atoms with Gasteiger partial charge in [0.25, 0.3) is 0 Å². The molecular formula is C12H13FN2O4S. The first-order chi connectivity index (χ1) is 9.40. The topological polar surface area (TPSA) is 95.5 Å². The SMILES string of the molecule is CNC(=O)CNS(=O)(=O)c1ccc(C#CCO)c(F)c1. The van der Waals surface area contributed by atoms with Gasteiger partial charge in [-0.25, -0.2) is 17.5 Å². The molecule has 0 radical (unpaired) electrons. The lowest BCUT2D eigenvalue weighted by Gasteiger charge is -2.06. The summed E-state index contributed by atoms with van der Waals surface area (Å²) in [5.74, 6) is 3.27. The first-order valence-electron chi connectivity index (χ1n) is 5.50. The molecule has 0 saturated heterocycles. The minimum atomic E-state index is -3.97. The van der Waals surface area contributed by atoms with E-state index >= 15 is 0 Å². The molecule has 8 heteroatoms. The lowest BCUT2D eigenvalue weighted by atomic mass is 10.2. The third-order valence-electron chi connectivity index (χ3n) is 2.25. The molecular weight excluding hydrogens is 287 g/mol. The highest BCUT2D eigenvalue weighted by Gasteiger charge is 2.16. The number of aliphatic hydroxyl groups excluding tert-OH is 1. The number of carbonyl (C=O) groups is 1. The predicted octanol–water partition coefficient (Wildman–Crippen LogP) is -0.806. The number of amides is 1. The molecule has 0 spiro atoms. The van der Waals surface area contributed by atoms with Crippen LogP contribution in [0.5, 0.6) is 0 Å². The van der Waals surface area contributed by atoms with Gasteiger partial charge in [-0.15, -0.1) is 0 Å². The van der Waals surface area contributed by atoms with Gasteiger partial charge in [-0.05, 0) is 18.2 Å². The van der Waals surface area contributed by atoms with Crippen molar-refractivity contribution in [3.8, 4) is 11.8 Å². The van der Waals surface area contributed by atoms with Crippen molar-refractivity contribution in [3.05, 3.63) is 29.6 Å². The summed E-state index contributed by atoms with van der Waals surface area (Å²) in [6, 6.07) is 3.15. The Balaban J connectivity index is 2.97. The molecule has 1 aromatic rings. The second kappa shape index (κ2) is 7.00. The van der Waals surface area contributed by atoms with Crippen molar-refractivity contribution < 1.29 is 22.7 Å².